The Bertz CT molecular complexity index is 1320. The molecule has 1 heterocycles. The molecule has 0 unspecified atom stereocenters. The molecule has 2 atom stereocenters. The Morgan fingerprint density at radius 1 is 1.05 bits per heavy atom. The molecule has 41 heavy (non-hydrogen) atoms. The first-order valence-electron chi connectivity index (χ1n) is 13.0. The number of amides is 2. The maximum absolute atomic E-state index is 13.4. The molecule has 0 spiro atoms. The lowest BCUT2D eigenvalue weighted by Crippen LogP contribution is -2.53. The highest BCUT2D eigenvalue weighted by molar-refractivity contribution is 5.88. The summed E-state index contributed by atoms with van der Waals surface area (Å²) in [6.45, 7) is 4.54. The van der Waals surface area contributed by atoms with Crippen LogP contribution in [0.4, 0.5) is 18.9 Å². The molecule has 2 aromatic rings. The number of carbonyl (C=O) groups excluding carboxylic acids is 2. The predicted molar refractivity (Wildman–Crippen MR) is 144 cm³/mol. The summed E-state index contributed by atoms with van der Waals surface area (Å²) in [7, 11) is 0. The molecule has 4 rings (SSSR count). The fourth-order valence-corrected chi connectivity index (χ4v) is 5.12. The van der Waals surface area contributed by atoms with Gasteiger partial charge in [0.25, 0.3) is 0 Å². The minimum Gasteiger partial charge on any atom is -0.475 e. The van der Waals surface area contributed by atoms with Crippen molar-refractivity contribution in [2.24, 2.45) is 11.8 Å². The van der Waals surface area contributed by atoms with Crippen molar-refractivity contribution in [3.05, 3.63) is 70.8 Å². The first-order valence-corrected chi connectivity index (χ1v) is 13.0. The monoisotopic (exact) mass is 572 g/mol. The van der Waals surface area contributed by atoms with E-state index >= 15 is 0 Å². The molecular weight excluding hydrogens is 541 g/mol. The van der Waals surface area contributed by atoms with Gasteiger partial charge in [-0.05, 0) is 55.5 Å². The van der Waals surface area contributed by atoms with Crippen molar-refractivity contribution < 1.29 is 37.9 Å². The Hall–Kier alpha value is -4.37. The van der Waals surface area contributed by atoms with Crippen LogP contribution in [0.3, 0.4) is 0 Å². The van der Waals surface area contributed by atoms with Gasteiger partial charge in [-0.2, -0.15) is 18.4 Å². The van der Waals surface area contributed by atoms with Gasteiger partial charge >= 0.3 is 12.1 Å². The van der Waals surface area contributed by atoms with E-state index in [0.717, 1.165) is 28.8 Å². The zero-order chi connectivity index (χ0) is 30.2. The van der Waals surface area contributed by atoms with Gasteiger partial charge in [-0.3, -0.25) is 14.8 Å². The predicted octanol–water partition coefficient (Wildman–Crippen LogP) is 4.15. The summed E-state index contributed by atoms with van der Waals surface area (Å²) in [6.07, 6.45) is -1.20. The number of hydroxylamine groups is 1. The fraction of sp³-hybridized carbons (Fsp3) is 0.379. The fourth-order valence-electron chi connectivity index (χ4n) is 5.12. The average Bonchev–Trinajstić information content (AvgIpc) is 2.96. The topological polar surface area (TPSA) is 134 Å². The lowest BCUT2D eigenvalue weighted by Gasteiger charge is -2.40. The molecule has 1 aliphatic carbocycles. The number of carbonyl (C=O) groups is 3. The van der Waals surface area contributed by atoms with Gasteiger partial charge in [0.2, 0.25) is 11.8 Å². The van der Waals surface area contributed by atoms with Crippen LogP contribution in [0.2, 0.25) is 0 Å². The first kappa shape index (κ1) is 31.2. The largest absolute Gasteiger partial charge is 0.490 e. The molecule has 2 fully saturated rings. The van der Waals surface area contributed by atoms with Crippen molar-refractivity contribution in [2.75, 3.05) is 31.1 Å². The molecule has 3 N–H and O–H groups in total. The van der Waals surface area contributed by atoms with E-state index in [4.69, 9.17) is 15.2 Å². The van der Waals surface area contributed by atoms with E-state index in [-0.39, 0.29) is 5.91 Å². The number of hydrogen-bond donors (Lipinski definition) is 3. The second kappa shape index (κ2) is 13.8. The Morgan fingerprint density at radius 3 is 2.22 bits per heavy atom. The van der Waals surface area contributed by atoms with E-state index in [1.165, 1.54) is 0 Å². The number of allylic oxidation sites excluding steroid dienone is 1. The SMILES string of the molecule is Cc1cc(C#N)ccc1N1CCN(C(=O)[C@H]2CC/C(=C\c3ccccc3)C[C@@H]2C(=O)NO)CC1.O=C(O)C(F)(F)F. The number of piperazine rings is 1. The smallest absolute Gasteiger partial charge is 0.475 e. The number of carboxylic acids is 1. The number of carboxylic acid groups (broad SMARTS) is 1. The Kier molecular flexibility index (Phi) is 10.5. The molecule has 0 aromatic heterocycles. The Morgan fingerprint density at radius 2 is 1.68 bits per heavy atom. The van der Waals surface area contributed by atoms with E-state index < -0.39 is 29.9 Å². The third kappa shape index (κ3) is 8.31. The Labute approximate surface area is 235 Å². The average molecular weight is 573 g/mol. The number of halogens is 3. The van der Waals surface area contributed by atoms with E-state index in [1.807, 2.05) is 60.4 Å². The number of benzene rings is 2. The van der Waals surface area contributed by atoms with Crippen molar-refractivity contribution in [1.82, 2.24) is 10.4 Å². The highest BCUT2D eigenvalue weighted by Crippen LogP contribution is 2.36. The molecule has 12 heteroatoms. The van der Waals surface area contributed by atoms with E-state index in [2.05, 4.69) is 17.0 Å². The van der Waals surface area contributed by atoms with Crippen molar-refractivity contribution in [3.63, 3.8) is 0 Å². The van der Waals surface area contributed by atoms with Crippen LogP contribution in [0.1, 0.15) is 36.0 Å². The lowest BCUT2D eigenvalue weighted by molar-refractivity contribution is -0.192. The minimum absolute atomic E-state index is 0.0106. The highest BCUT2D eigenvalue weighted by Gasteiger charge is 2.40. The summed E-state index contributed by atoms with van der Waals surface area (Å²) in [5, 5.41) is 25.5. The van der Waals surface area contributed by atoms with E-state index in [1.54, 1.807) is 5.48 Å². The lowest BCUT2D eigenvalue weighted by atomic mass is 9.75. The molecule has 218 valence electrons. The maximum atomic E-state index is 13.4. The van der Waals surface area contributed by atoms with Gasteiger partial charge in [-0.1, -0.05) is 42.0 Å². The molecule has 2 amide bonds. The standard InChI is InChI=1S/C27H30N4O3.C2HF3O2/c1-19-15-22(18-28)8-10-25(19)30-11-13-31(14-12-30)27(33)23-9-7-21(17-24(23)26(32)29-34)16-20-5-3-2-4-6-20;3-2(4,5)1(6)7/h2-6,8,10,15-16,23-24,34H,7,9,11-14,17H2,1H3,(H,29,32);(H,6,7)/b21-16+;/t23-,24-;/m0./s1. The van der Waals surface area contributed by atoms with E-state index in [0.29, 0.717) is 44.6 Å². The molecule has 0 radical (unpaired) electrons. The van der Waals surface area contributed by atoms with Gasteiger partial charge in [0, 0.05) is 31.9 Å². The third-order valence-corrected chi connectivity index (χ3v) is 7.18. The van der Waals surface area contributed by atoms with Gasteiger partial charge in [0.05, 0.1) is 23.5 Å². The van der Waals surface area contributed by atoms with Crippen molar-refractivity contribution >= 4 is 29.5 Å². The molecule has 2 aromatic carbocycles. The third-order valence-electron chi connectivity index (χ3n) is 7.18. The van der Waals surface area contributed by atoms with Crippen LogP contribution in [0.25, 0.3) is 6.08 Å². The van der Waals surface area contributed by atoms with Gasteiger partial charge in [-0.25, -0.2) is 10.3 Å². The molecule has 1 saturated carbocycles. The van der Waals surface area contributed by atoms with Gasteiger partial charge in [-0.15, -0.1) is 0 Å². The zero-order valence-electron chi connectivity index (χ0n) is 22.4. The van der Waals surface area contributed by atoms with Gasteiger partial charge in [0.1, 0.15) is 0 Å². The van der Waals surface area contributed by atoms with Crippen molar-refractivity contribution in [2.45, 2.75) is 32.4 Å². The van der Waals surface area contributed by atoms with E-state index in [9.17, 15) is 28.0 Å². The first-order chi connectivity index (χ1) is 19.4. The summed E-state index contributed by atoms with van der Waals surface area (Å²) in [4.78, 5) is 38.9. The van der Waals surface area contributed by atoms with Crippen LogP contribution in [0, 0.1) is 30.1 Å². The molecular formula is C29H31F3N4O5. The van der Waals surface area contributed by atoms with Gasteiger partial charge in [0.15, 0.2) is 0 Å². The quantitative estimate of drug-likeness (QED) is 0.370. The number of anilines is 1. The highest BCUT2D eigenvalue weighted by atomic mass is 19.4. The number of hydrogen-bond acceptors (Lipinski definition) is 6. The van der Waals surface area contributed by atoms with Gasteiger partial charge < -0.3 is 14.9 Å². The summed E-state index contributed by atoms with van der Waals surface area (Å²) in [6, 6.07) is 17.8. The minimum atomic E-state index is -5.08. The number of alkyl halides is 3. The number of nitrogens with zero attached hydrogens (tertiary/aromatic N) is 3. The summed E-state index contributed by atoms with van der Waals surface area (Å²) < 4.78 is 31.7. The molecule has 2 aliphatic rings. The van der Waals surface area contributed by atoms with Crippen LogP contribution >= 0.6 is 0 Å². The van der Waals surface area contributed by atoms with Crippen molar-refractivity contribution in [3.8, 4) is 6.07 Å². The van der Waals surface area contributed by atoms with Crippen LogP contribution in [0.5, 0.6) is 0 Å². The van der Waals surface area contributed by atoms with Crippen LogP contribution in [-0.4, -0.2) is 65.4 Å². The summed E-state index contributed by atoms with van der Waals surface area (Å²) >= 11 is 0. The molecule has 1 aliphatic heterocycles. The zero-order valence-corrected chi connectivity index (χ0v) is 22.4. The number of nitrogens with one attached hydrogen (secondary N) is 1. The van der Waals surface area contributed by atoms with Crippen LogP contribution in [-0.2, 0) is 14.4 Å². The summed E-state index contributed by atoms with van der Waals surface area (Å²) in [5.74, 6) is -4.29. The molecule has 1 saturated heterocycles. The maximum Gasteiger partial charge on any atom is 0.490 e. The number of aryl methyl sites for hydroxylation is 1. The van der Waals surface area contributed by atoms with Crippen LogP contribution < -0.4 is 10.4 Å². The molecule has 0 bridgehead atoms. The number of rotatable bonds is 4. The number of aliphatic carboxylic acids is 1. The molecule has 9 nitrogen and oxygen atoms in total. The number of nitriles is 1. The second-order valence-corrected chi connectivity index (χ2v) is 9.87. The summed E-state index contributed by atoms with van der Waals surface area (Å²) in [5.41, 5.74) is 6.73. The second-order valence-electron chi connectivity index (χ2n) is 9.87. The van der Waals surface area contributed by atoms with Crippen LogP contribution in [0.15, 0.2) is 54.1 Å². The Balaban J connectivity index is 0.000000587. The normalized spacial score (nSPS) is 20.0. The van der Waals surface area contributed by atoms with Crippen molar-refractivity contribution in [1.29, 1.82) is 5.26 Å².